The lowest BCUT2D eigenvalue weighted by Gasteiger charge is -2.40. The van der Waals surface area contributed by atoms with Crippen molar-refractivity contribution in [3.8, 4) is 0 Å². The van der Waals surface area contributed by atoms with Gasteiger partial charge in [-0.15, -0.1) is 0 Å². The van der Waals surface area contributed by atoms with E-state index in [1.165, 1.54) is 13.8 Å². The molecule has 0 spiro atoms. The van der Waals surface area contributed by atoms with Crippen molar-refractivity contribution in [2.75, 3.05) is 30.0 Å². The van der Waals surface area contributed by atoms with Crippen molar-refractivity contribution >= 4 is 58.5 Å². The van der Waals surface area contributed by atoms with Gasteiger partial charge in [-0.1, -0.05) is 38.4 Å². The van der Waals surface area contributed by atoms with Crippen molar-refractivity contribution in [1.29, 1.82) is 0 Å². The molecule has 0 bridgehead atoms. The Bertz CT molecular complexity index is 1570. The van der Waals surface area contributed by atoms with Gasteiger partial charge in [-0.2, -0.15) is 0 Å². The molecule has 1 heterocycles. The Morgan fingerprint density at radius 1 is 0.891 bits per heavy atom. The van der Waals surface area contributed by atoms with Crippen LogP contribution in [0.2, 0.25) is 5.15 Å². The maximum Gasteiger partial charge on any atom is 0.306 e. The predicted octanol–water partition coefficient (Wildman–Crippen LogP) is 7.84. The summed E-state index contributed by atoms with van der Waals surface area (Å²) in [6, 6.07) is 10.1. The molecule has 304 valence electrons. The summed E-state index contributed by atoms with van der Waals surface area (Å²) < 4.78 is 26.5. The Morgan fingerprint density at radius 3 is 2.09 bits per heavy atom. The molecule has 0 radical (unpaired) electrons. The molecule has 0 saturated heterocycles. The van der Waals surface area contributed by atoms with E-state index in [-0.39, 0.29) is 68.9 Å². The minimum absolute atomic E-state index is 0.0420. The Hall–Kier alpha value is -4.39. The van der Waals surface area contributed by atoms with Gasteiger partial charge in [0.25, 0.3) is 0 Å². The summed E-state index contributed by atoms with van der Waals surface area (Å²) in [4.78, 5) is 66.9. The van der Waals surface area contributed by atoms with Gasteiger partial charge in [0, 0.05) is 39.3 Å². The molecule has 1 aliphatic rings. The third-order valence-corrected chi connectivity index (χ3v) is 8.97. The number of esters is 5. The van der Waals surface area contributed by atoms with E-state index in [4.69, 9.17) is 35.3 Å². The molecule has 55 heavy (non-hydrogen) atoms. The van der Waals surface area contributed by atoms with E-state index in [9.17, 15) is 24.0 Å². The lowest BCUT2D eigenvalue weighted by molar-refractivity contribution is -0.165. The first-order valence-corrected chi connectivity index (χ1v) is 19.4. The normalized spacial score (nSPS) is 16.2. The minimum atomic E-state index is -0.940. The number of hydrogen-bond donors (Lipinski definition) is 1. The molecule has 1 aromatic heterocycles. The summed E-state index contributed by atoms with van der Waals surface area (Å²) in [5.74, 6) is -2.07. The highest BCUT2D eigenvalue weighted by Gasteiger charge is 2.30. The molecule has 3 rings (SSSR count). The minimum Gasteiger partial charge on any atom is -0.462 e. The third kappa shape index (κ3) is 16.9. The summed E-state index contributed by atoms with van der Waals surface area (Å²) in [6.45, 7) is 14.7. The predicted molar refractivity (Wildman–Crippen MR) is 209 cm³/mol. The van der Waals surface area contributed by atoms with Crippen molar-refractivity contribution in [2.45, 2.75) is 137 Å². The first-order chi connectivity index (χ1) is 25.9. The topological polar surface area (TPSA) is 160 Å². The second-order valence-corrected chi connectivity index (χ2v) is 15.9. The number of nitrogens with zero attached hydrogens (tertiary/aromatic N) is 2. The van der Waals surface area contributed by atoms with E-state index in [2.05, 4.69) is 47.2 Å². The Labute approximate surface area is 330 Å². The summed E-state index contributed by atoms with van der Waals surface area (Å²) in [6.07, 6.45) is 3.96. The molecule has 0 unspecified atom stereocenters. The number of hydrogen-bond acceptors (Lipinski definition) is 13. The number of ether oxygens (including phenoxy) is 5. The zero-order chi connectivity index (χ0) is 40.7. The van der Waals surface area contributed by atoms with Crippen molar-refractivity contribution in [1.82, 2.24) is 4.98 Å². The molecule has 1 saturated carbocycles. The van der Waals surface area contributed by atoms with E-state index in [1.807, 2.05) is 33.8 Å². The summed E-state index contributed by atoms with van der Waals surface area (Å²) in [5, 5.41) is 3.95. The van der Waals surface area contributed by atoms with Gasteiger partial charge in [0.05, 0.1) is 29.7 Å². The molecule has 2 aromatic rings. The van der Waals surface area contributed by atoms with Gasteiger partial charge in [-0.25, -0.2) is 4.98 Å². The van der Waals surface area contributed by atoms with Crippen LogP contribution in [0.15, 0.2) is 36.5 Å². The SMILES string of the molecule is CC(=O)OCC(COC(C)=O)OC(=O)CCCC(=O)O[C@H]1CC[C@H](N(CC(C)C)c2ccc([C@H](C)CC(=O)OC(C)(C)C)cc2Nc2ccc(Cl)nc2)CC1. The monoisotopic (exact) mass is 787 g/mol. The number of carbonyl (C=O) groups excluding carboxylic acids is 5. The Kier molecular flexibility index (Phi) is 17.7. The van der Waals surface area contributed by atoms with Crippen LogP contribution in [-0.4, -0.2) is 78.4 Å². The van der Waals surface area contributed by atoms with Gasteiger partial charge in [-0.05, 0) is 94.5 Å². The molecule has 1 fully saturated rings. The van der Waals surface area contributed by atoms with Crippen LogP contribution >= 0.6 is 11.6 Å². The van der Waals surface area contributed by atoms with Crippen molar-refractivity contribution in [3.63, 3.8) is 0 Å². The smallest absolute Gasteiger partial charge is 0.306 e. The number of aromatic nitrogens is 1. The zero-order valence-electron chi connectivity index (χ0n) is 33.5. The highest BCUT2D eigenvalue weighted by Crippen LogP contribution is 2.38. The number of carbonyl (C=O) groups is 5. The van der Waals surface area contributed by atoms with E-state index >= 15 is 0 Å². The summed E-state index contributed by atoms with van der Waals surface area (Å²) in [5.41, 5.74) is 3.12. The fourth-order valence-electron chi connectivity index (χ4n) is 6.28. The van der Waals surface area contributed by atoms with Crippen molar-refractivity contribution in [3.05, 3.63) is 47.2 Å². The number of pyridine rings is 1. The van der Waals surface area contributed by atoms with Crippen LogP contribution in [-0.2, 0) is 47.7 Å². The second kappa shape index (κ2) is 21.6. The van der Waals surface area contributed by atoms with Crippen LogP contribution in [0, 0.1) is 5.92 Å². The molecule has 0 amide bonds. The largest absolute Gasteiger partial charge is 0.462 e. The highest BCUT2D eigenvalue weighted by molar-refractivity contribution is 6.29. The molecule has 1 aliphatic carbocycles. The van der Waals surface area contributed by atoms with Gasteiger partial charge in [0.15, 0.2) is 6.10 Å². The molecule has 1 atom stereocenters. The number of halogens is 1. The van der Waals surface area contributed by atoms with E-state index in [0.717, 1.165) is 42.0 Å². The highest BCUT2D eigenvalue weighted by atomic mass is 35.5. The van der Waals surface area contributed by atoms with Crippen molar-refractivity contribution < 1.29 is 47.7 Å². The molecular weight excluding hydrogens is 730 g/mol. The molecule has 1 aromatic carbocycles. The molecule has 0 aliphatic heterocycles. The van der Waals surface area contributed by atoms with Gasteiger partial charge in [0.2, 0.25) is 0 Å². The van der Waals surface area contributed by atoms with Gasteiger partial charge in [0.1, 0.15) is 30.1 Å². The van der Waals surface area contributed by atoms with Crippen LogP contribution in [0.5, 0.6) is 0 Å². The number of nitrogens with one attached hydrogen (secondary N) is 1. The standard InChI is InChI=1S/C41H58ClN3O10/c1-26(2)23-45(36-18-12-30(27(3)20-40(50)55-41(6,7)8)21-35(36)44-31-13-19-37(42)43-22-31)32-14-16-33(17-15-32)53-38(48)10-9-11-39(49)54-34(24-51-28(4)46)25-52-29(5)47/h12-13,18-19,21-22,26-27,32-34,44H,9-11,14-17,20,23-25H2,1-8H3/t27-,32-,33-/m1/s1. The molecular formula is C41H58ClN3O10. The number of benzene rings is 1. The Morgan fingerprint density at radius 2 is 1.53 bits per heavy atom. The van der Waals surface area contributed by atoms with Crippen LogP contribution in [0.25, 0.3) is 0 Å². The fraction of sp³-hybridized carbons (Fsp3) is 0.610. The van der Waals surface area contributed by atoms with Crippen LogP contribution < -0.4 is 10.2 Å². The zero-order valence-corrected chi connectivity index (χ0v) is 34.2. The van der Waals surface area contributed by atoms with E-state index in [0.29, 0.717) is 23.9 Å². The lowest BCUT2D eigenvalue weighted by Crippen LogP contribution is -2.42. The third-order valence-electron chi connectivity index (χ3n) is 8.75. The van der Waals surface area contributed by atoms with E-state index < -0.39 is 29.6 Å². The maximum absolute atomic E-state index is 12.8. The van der Waals surface area contributed by atoms with E-state index in [1.54, 1.807) is 12.3 Å². The van der Waals surface area contributed by atoms with Gasteiger partial charge < -0.3 is 33.9 Å². The lowest BCUT2D eigenvalue weighted by atomic mass is 9.90. The molecule has 13 nitrogen and oxygen atoms in total. The quantitative estimate of drug-likeness (QED) is 0.0834. The number of anilines is 3. The second-order valence-electron chi connectivity index (χ2n) is 15.5. The van der Waals surface area contributed by atoms with Crippen LogP contribution in [0.1, 0.15) is 118 Å². The van der Waals surface area contributed by atoms with Gasteiger partial charge >= 0.3 is 29.8 Å². The Balaban J connectivity index is 1.65. The summed E-state index contributed by atoms with van der Waals surface area (Å²) in [7, 11) is 0. The average Bonchev–Trinajstić information content (AvgIpc) is 3.08. The molecule has 1 N–H and O–H groups in total. The van der Waals surface area contributed by atoms with Gasteiger partial charge in [-0.3, -0.25) is 24.0 Å². The molecule has 14 heteroatoms. The van der Waals surface area contributed by atoms with Crippen LogP contribution in [0.3, 0.4) is 0 Å². The number of rotatable bonds is 19. The first kappa shape index (κ1) is 45.0. The average molecular weight is 788 g/mol. The fourth-order valence-corrected chi connectivity index (χ4v) is 6.39. The van der Waals surface area contributed by atoms with Crippen molar-refractivity contribution in [2.24, 2.45) is 5.92 Å². The maximum atomic E-state index is 12.8. The van der Waals surface area contributed by atoms with Crippen LogP contribution in [0.4, 0.5) is 17.1 Å². The summed E-state index contributed by atoms with van der Waals surface area (Å²) >= 11 is 6.08. The first-order valence-electron chi connectivity index (χ1n) is 19.0.